The fourth-order valence-electron chi connectivity index (χ4n) is 4.83. The maximum Gasteiger partial charge on any atom is 0.214 e. The van der Waals surface area contributed by atoms with Crippen molar-refractivity contribution in [1.82, 2.24) is 29.7 Å². The van der Waals surface area contributed by atoms with E-state index in [2.05, 4.69) is 47.3 Å². The van der Waals surface area contributed by atoms with Gasteiger partial charge < -0.3 is 15.1 Å². The summed E-state index contributed by atoms with van der Waals surface area (Å²) < 4.78 is 1.92. The zero-order chi connectivity index (χ0) is 24.2. The summed E-state index contributed by atoms with van der Waals surface area (Å²) in [4.78, 5) is 21.0. The summed E-state index contributed by atoms with van der Waals surface area (Å²) in [7, 11) is 0.409. The van der Waals surface area contributed by atoms with Gasteiger partial charge in [-0.3, -0.25) is 9.78 Å². The third-order valence-corrected chi connectivity index (χ3v) is 8.55. The fraction of sp³-hybridized carbons (Fsp3) is 0.500. The molecular weight excluding hydrogens is 443 g/mol. The van der Waals surface area contributed by atoms with E-state index >= 15 is 0 Å². The van der Waals surface area contributed by atoms with Crippen molar-refractivity contribution in [2.75, 3.05) is 19.6 Å². The standard InChI is InChI=1S/C26H37N6OP/c1-6-10-27-21-8-11-30(12-9-21)22-13-18(3)26(31(16-22)17-33)34-25(7-2)23-14-24-20(5)28-19(4)15-32(24)29-23/h7,13-17,21,26-27,34H,6,8-12H2,1-5H3/b25-7-. The number of allylic oxidation sites excluding steroid dienone is 2. The van der Waals surface area contributed by atoms with Gasteiger partial charge in [-0.2, -0.15) is 5.10 Å². The van der Waals surface area contributed by atoms with Crippen LogP contribution in [0, 0.1) is 13.8 Å². The van der Waals surface area contributed by atoms with E-state index in [-0.39, 0.29) is 5.78 Å². The number of carbonyl (C=O) groups excluding carboxylic acids is 1. The molecule has 1 fully saturated rings. The van der Waals surface area contributed by atoms with E-state index in [0.717, 1.165) is 72.5 Å². The van der Waals surface area contributed by atoms with Crippen molar-refractivity contribution in [2.24, 2.45) is 0 Å². The first-order valence-corrected chi connectivity index (χ1v) is 13.4. The molecular formula is C26H37N6OP. The molecule has 1 N–H and O–H groups in total. The average Bonchev–Trinajstić information content (AvgIpc) is 3.26. The number of hydrogen-bond acceptors (Lipinski definition) is 5. The zero-order valence-electron chi connectivity index (χ0n) is 21.0. The van der Waals surface area contributed by atoms with Gasteiger partial charge >= 0.3 is 0 Å². The first-order valence-electron chi connectivity index (χ1n) is 12.3. The Morgan fingerprint density at radius 2 is 2.03 bits per heavy atom. The lowest BCUT2D eigenvalue weighted by Crippen LogP contribution is -2.43. The highest BCUT2D eigenvalue weighted by atomic mass is 31.1. The second kappa shape index (κ2) is 10.8. The van der Waals surface area contributed by atoms with Crippen LogP contribution in [0.25, 0.3) is 10.8 Å². The van der Waals surface area contributed by atoms with Gasteiger partial charge in [-0.15, -0.1) is 0 Å². The lowest BCUT2D eigenvalue weighted by atomic mass is 10.0. The molecule has 34 heavy (non-hydrogen) atoms. The number of carbonyl (C=O) groups is 1. The first kappa shape index (κ1) is 24.6. The van der Waals surface area contributed by atoms with Crippen molar-refractivity contribution >= 4 is 25.8 Å². The summed E-state index contributed by atoms with van der Waals surface area (Å²) in [5, 5.41) is 9.63. The number of nitrogens with one attached hydrogen (secondary N) is 1. The summed E-state index contributed by atoms with van der Waals surface area (Å²) in [5.74, 6) is 0.0157. The minimum atomic E-state index is 0.0157. The third kappa shape index (κ3) is 5.26. The number of amides is 1. The van der Waals surface area contributed by atoms with E-state index in [1.165, 1.54) is 12.0 Å². The van der Waals surface area contributed by atoms with Crippen molar-refractivity contribution in [3.05, 3.63) is 59.0 Å². The maximum atomic E-state index is 12.1. The number of nitrogens with zero attached hydrogens (tertiary/aromatic N) is 5. The number of aryl methyl sites for hydroxylation is 2. The van der Waals surface area contributed by atoms with Crippen LogP contribution < -0.4 is 5.32 Å². The smallest absolute Gasteiger partial charge is 0.214 e. The van der Waals surface area contributed by atoms with Crippen LogP contribution in [0.1, 0.15) is 57.1 Å². The minimum Gasteiger partial charge on any atom is -0.370 e. The topological polar surface area (TPSA) is 65.8 Å². The summed E-state index contributed by atoms with van der Waals surface area (Å²) >= 11 is 0. The molecule has 7 nitrogen and oxygen atoms in total. The Morgan fingerprint density at radius 3 is 2.71 bits per heavy atom. The normalized spacial score (nSPS) is 20.4. The molecule has 0 bridgehead atoms. The number of piperidine rings is 1. The summed E-state index contributed by atoms with van der Waals surface area (Å²) in [6.07, 6.45) is 12.8. The van der Waals surface area contributed by atoms with E-state index in [1.807, 2.05) is 42.6 Å². The van der Waals surface area contributed by atoms with Crippen molar-refractivity contribution in [2.45, 2.75) is 65.7 Å². The molecule has 182 valence electrons. The van der Waals surface area contributed by atoms with Crippen molar-refractivity contribution in [3.8, 4) is 0 Å². The molecule has 2 unspecified atom stereocenters. The van der Waals surface area contributed by atoms with Gasteiger partial charge in [0.15, 0.2) is 0 Å². The molecule has 2 aliphatic rings. The maximum absolute atomic E-state index is 12.1. The SMILES string of the molecule is C/C=C(\PC1C(C)=CC(N2CCC(NCCC)CC2)=CN1C=O)c1cc2c(C)nc(C)cn2n1. The molecule has 0 spiro atoms. The molecule has 0 aromatic carbocycles. The Labute approximate surface area is 204 Å². The molecule has 2 aliphatic heterocycles. The van der Waals surface area contributed by atoms with Crippen molar-refractivity contribution in [1.29, 1.82) is 0 Å². The monoisotopic (exact) mass is 480 g/mol. The molecule has 2 aromatic heterocycles. The summed E-state index contributed by atoms with van der Waals surface area (Å²) in [5.41, 5.74) is 6.25. The van der Waals surface area contributed by atoms with Gasteiger partial charge in [-0.05, 0) is 76.5 Å². The van der Waals surface area contributed by atoms with Crippen LogP contribution in [0.5, 0.6) is 0 Å². The minimum absolute atomic E-state index is 0.0157. The number of hydrogen-bond donors (Lipinski definition) is 1. The van der Waals surface area contributed by atoms with Gasteiger partial charge in [0, 0.05) is 25.3 Å². The van der Waals surface area contributed by atoms with Gasteiger partial charge in [0.05, 0.1) is 40.3 Å². The quantitative estimate of drug-likeness (QED) is 0.447. The van der Waals surface area contributed by atoms with Gasteiger partial charge in [0.2, 0.25) is 6.41 Å². The lowest BCUT2D eigenvalue weighted by molar-refractivity contribution is -0.116. The molecule has 0 radical (unpaired) electrons. The van der Waals surface area contributed by atoms with Gasteiger partial charge in [0.25, 0.3) is 0 Å². The molecule has 2 aromatic rings. The van der Waals surface area contributed by atoms with Gasteiger partial charge in [-0.25, -0.2) is 4.52 Å². The van der Waals surface area contributed by atoms with Crippen LogP contribution in [0.4, 0.5) is 0 Å². The third-order valence-electron chi connectivity index (χ3n) is 6.67. The Morgan fingerprint density at radius 1 is 1.26 bits per heavy atom. The molecule has 2 atom stereocenters. The number of fused-ring (bicyclic) bond motifs is 1. The zero-order valence-corrected chi connectivity index (χ0v) is 22.0. The molecule has 8 heteroatoms. The molecule has 4 heterocycles. The largest absolute Gasteiger partial charge is 0.370 e. The van der Waals surface area contributed by atoms with Crippen molar-refractivity contribution in [3.63, 3.8) is 0 Å². The number of aromatic nitrogens is 3. The number of likely N-dealkylation sites (tertiary alicyclic amines) is 1. The van der Waals surface area contributed by atoms with Crippen LogP contribution in [-0.2, 0) is 4.79 Å². The molecule has 4 rings (SSSR count). The van der Waals surface area contributed by atoms with E-state index in [4.69, 9.17) is 5.10 Å². The molecule has 0 saturated carbocycles. The Balaban J connectivity index is 1.49. The highest BCUT2D eigenvalue weighted by molar-refractivity contribution is 7.51. The highest BCUT2D eigenvalue weighted by Gasteiger charge is 2.27. The summed E-state index contributed by atoms with van der Waals surface area (Å²) in [6, 6.07) is 2.71. The Kier molecular flexibility index (Phi) is 7.84. The van der Waals surface area contributed by atoms with Gasteiger partial charge in [-0.1, -0.05) is 21.6 Å². The van der Waals surface area contributed by atoms with Crippen LogP contribution in [-0.4, -0.2) is 62.3 Å². The van der Waals surface area contributed by atoms with Crippen LogP contribution in [0.3, 0.4) is 0 Å². The van der Waals surface area contributed by atoms with E-state index in [1.54, 1.807) is 0 Å². The first-order chi connectivity index (χ1) is 16.4. The van der Waals surface area contributed by atoms with Crippen LogP contribution >= 0.6 is 8.58 Å². The lowest BCUT2D eigenvalue weighted by Gasteiger charge is -2.38. The summed E-state index contributed by atoms with van der Waals surface area (Å²) in [6.45, 7) is 13.5. The number of rotatable bonds is 8. The molecule has 1 amide bonds. The second-order valence-electron chi connectivity index (χ2n) is 9.29. The highest BCUT2D eigenvalue weighted by Crippen LogP contribution is 2.43. The van der Waals surface area contributed by atoms with E-state index in [0.29, 0.717) is 14.6 Å². The molecule has 1 saturated heterocycles. The van der Waals surface area contributed by atoms with Gasteiger partial charge in [0.1, 0.15) is 0 Å². The van der Waals surface area contributed by atoms with E-state index in [9.17, 15) is 4.79 Å². The predicted molar refractivity (Wildman–Crippen MR) is 141 cm³/mol. The van der Waals surface area contributed by atoms with E-state index < -0.39 is 0 Å². The van der Waals surface area contributed by atoms with Crippen LogP contribution in [0.15, 0.2) is 41.9 Å². The van der Waals surface area contributed by atoms with Crippen LogP contribution in [0.2, 0.25) is 0 Å². The predicted octanol–water partition coefficient (Wildman–Crippen LogP) is 4.44. The fourth-order valence-corrected chi connectivity index (χ4v) is 6.16. The second-order valence-corrected chi connectivity index (χ2v) is 10.7. The average molecular weight is 481 g/mol. The Bertz CT molecular complexity index is 1130. The van der Waals surface area contributed by atoms with Crippen molar-refractivity contribution < 1.29 is 4.79 Å². The molecule has 0 aliphatic carbocycles. The Hall–Kier alpha value is -2.50.